The lowest BCUT2D eigenvalue weighted by Crippen LogP contribution is -2.26. The highest BCUT2D eigenvalue weighted by Crippen LogP contribution is 2.39. The molecule has 0 aromatic carbocycles. The first-order valence-corrected chi connectivity index (χ1v) is 6.88. The van der Waals surface area contributed by atoms with Gasteiger partial charge in [-0.1, -0.05) is 38.5 Å². The van der Waals surface area contributed by atoms with Gasteiger partial charge in [0.25, 0.3) is 0 Å². The van der Waals surface area contributed by atoms with Gasteiger partial charge in [-0.15, -0.1) is 12.3 Å². The molecule has 0 radical (unpaired) electrons. The van der Waals surface area contributed by atoms with Gasteiger partial charge in [0.2, 0.25) is 0 Å². The quantitative estimate of drug-likeness (QED) is 0.585. The average Bonchev–Trinajstić information content (AvgIpc) is 2.33. The number of rotatable bonds is 2. The molecule has 0 amide bonds. The van der Waals surface area contributed by atoms with Crippen LogP contribution in [0.5, 0.6) is 0 Å². The van der Waals surface area contributed by atoms with Gasteiger partial charge in [0.05, 0.1) is 0 Å². The van der Waals surface area contributed by atoms with Crippen LogP contribution >= 0.6 is 0 Å². The highest BCUT2D eigenvalue weighted by Gasteiger charge is 2.29. The third-order valence-electron chi connectivity index (χ3n) is 4.51. The van der Waals surface area contributed by atoms with E-state index in [0.717, 1.165) is 11.8 Å². The van der Waals surface area contributed by atoms with E-state index in [1.54, 1.807) is 0 Å². The summed E-state index contributed by atoms with van der Waals surface area (Å²) in [5.74, 6) is 5.49. The molecule has 15 heavy (non-hydrogen) atoms. The van der Waals surface area contributed by atoms with E-state index in [9.17, 15) is 0 Å². The molecule has 0 unspecified atom stereocenters. The van der Waals surface area contributed by atoms with Crippen LogP contribution in [0.2, 0.25) is 0 Å². The van der Waals surface area contributed by atoms with Gasteiger partial charge in [-0.2, -0.15) is 0 Å². The molecule has 2 rings (SSSR count). The van der Waals surface area contributed by atoms with Gasteiger partial charge in [0, 0.05) is 5.92 Å². The summed E-state index contributed by atoms with van der Waals surface area (Å²) < 4.78 is 0. The van der Waals surface area contributed by atoms with Crippen molar-refractivity contribution in [3.8, 4) is 12.3 Å². The van der Waals surface area contributed by atoms with Crippen LogP contribution in [0.15, 0.2) is 0 Å². The molecule has 0 aromatic rings. The molecule has 2 aliphatic rings. The van der Waals surface area contributed by atoms with Crippen LogP contribution in [-0.2, 0) is 0 Å². The maximum atomic E-state index is 5.78. The topological polar surface area (TPSA) is 0 Å². The van der Waals surface area contributed by atoms with E-state index in [1.807, 2.05) is 0 Å². The van der Waals surface area contributed by atoms with Crippen LogP contribution in [0.3, 0.4) is 0 Å². The zero-order valence-corrected chi connectivity index (χ0v) is 9.88. The lowest BCUT2D eigenvalue weighted by atomic mass is 9.70. The van der Waals surface area contributed by atoms with Crippen LogP contribution in [0.1, 0.15) is 64.2 Å². The molecule has 0 heteroatoms. The van der Waals surface area contributed by atoms with Gasteiger partial charge in [-0.05, 0) is 37.5 Å². The Balaban J connectivity index is 1.92. The first-order valence-electron chi connectivity index (χ1n) is 6.88. The van der Waals surface area contributed by atoms with E-state index < -0.39 is 0 Å². The van der Waals surface area contributed by atoms with Gasteiger partial charge < -0.3 is 0 Å². The minimum absolute atomic E-state index is 0.616. The summed E-state index contributed by atoms with van der Waals surface area (Å²) in [6.45, 7) is 0. The van der Waals surface area contributed by atoms with Crippen LogP contribution in [-0.4, -0.2) is 0 Å². The summed E-state index contributed by atoms with van der Waals surface area (Å²) in [6, 6.07) is 0. The minimum atomic E-state index is 0.616. The fourth-order valence-electron chi connectivity index (χ4n) is 3.64. The van der Waals surface area contributed by atoms with Crippen molar-refractivity contribution < 1.29 is 0 Å². The molecular weight excluding hydrogens is 180 g/mol. The lowest BCUT2D eigenvalue weighted by molar-refractivity contribution is 0.189. The summed E-state index contributed by atoms with van der Waals surface area (Å²) >= 11 is 0. The smallest absolute Gasteiger partial charge is 0.0256 e. The van der Waals surface area contributed by atoms with Crippen molar-refractivity contribution in [3.05, 3.63) is 0 Å². The molecule has 0 nitrogen and oxygen atoms in total. The monoisotopic (exact) mass is 204 g/mol. The largest absolute Gasteiger partial charge is 0.120 e. The molecule has 0 bridgehead atoms. The fraction of sp³-hybridized carbons (Fsp3) is 0.867. The fourth-order valence-corrected chi connectivity index (χ4v) is 3.64. The molecule has 0 aliphatic heterocycles. The Morgan fingerprint density at radius 1 is 0.733 bits per heavy atom. The normalized spacial score (nSPS) is 25.3. The Kier molecular flexibility index (Phi) is 4.12. The second kappa shape index (κ2) is 5.59. The maximum absolute atomic E-state index is 5.78. The predicted octanol–water partition coefficient (Wildman–Crippen LogP) is 4.40. The molecule has 2 saturated carbocycles. The summed E-state index contributed by atoms with van der Waals surface area (Å²) in [7, 11) is 0. The predicted molar refractivity (Wildman–Crippen MR) is 65.5 cm³/mol. The first kappa shape index (κ1) is 11.1. The zero-order chi connectivity index (χ0) is 10.5. The SMILES string of the molecule is C#CC(C1CCCCC1)C1CCCCC1. The molecule has 0 saturated heterocycles. The van der Waals surface area contributed by atoms with Gasteiger partial charge in [0.15, 0.2) is 0 Å². The molecule has 0 aromatic heterocycles. The lowest BCUT2D eigenvalue weighted by Gasteiger charge is -2.34. The Bertz CT molecular complexity index is 193. The van der Waals surface area contributed by atoms with Crippen LogP contribution in [0.25, 0.3) is 0 Å². The summed E-state index contributed by atoms with van der Waals surface area (Å²) in [4.78, 5) is 0. The van der Waals surface area contributed by atoms with E-state index in [0.29, 0.717) is 5.92 Å². The Labute approximate surface area is 94.8 Å². The van der Waals surface area contributed by atoms with Crippen molar-refractivity contribution in [1.82, 2.24) is 0 Å². The van der Waals surface area contributed by atoms with E-state index in [4.69, 9.17) is 6.42 Å². The molecule has 2 aliphatic carbocycles. The third kappa shape index (κ3) is 2.77. The number of hydrogen-bond donors (Lipinski definition) is 0. The standard InChI is InChI=1S/C15H24/c1-2-15(13-9-5-3-6-10-13)14-11-7-4-8-12-14/h1,13-15H,3-12H2. The number of hydrogen-bond acceptors (Lipinski definition) is 0. The van der Waals surface area contributed by atoms with E-state index in [1.165, 1.54) is 64.2 Å². The minimum Gasteiger partial charge on any atom is -0.120 e. The first-order chi connectivity index (χ1) is 7.42. The van der Waals surface area contributed by atoms with Gasteiger partial charge >= 0.3 is 0 Å². The van der Waals surface area contributed by atoms with Gasteiger partial charge in [0.1, 0.15) is 0 Å². The van der Waals surface area contributed by atoms with Crippen molar-refractivity contribution >= 4 is 0 Å². The van der Waals surface area contributed by atoms with E-state index >= 15 is 0 Å². The summed E-state index contributed by atoms with van der Waals surface area (Å²) in [5.41, 5.74) is 0. The van der Waals surface area contributed by atoms with Crippen LogP contribution < -0.4 is 0 Å². The van der Waals surface area contributed by atoms with Crippen LogP contribution in [0, 0.1) is 30.1 Å². The second-order valence-corrected chi connectivity index (χ2v) is 5.49. The van der Waals surface area contributed by atoms with Crippen LogP contribution in [0.4, 0.5) is 0 Å². The van der Waals surface area contributed by atoms with E-state index in [2.05, 4.69) is 5.92 Å². The number of terminal acetylenes is 1. The molecule has 0 heterocycles. The van der Waals surface area contributed by atoms with Crippen molar-refractivity contribution in [3.63, 3.8) is 0 Å². The summed E-state index contributed by atoms with van der Waals surface area (Å²) in [5, 5.41) is 0. The van der Waals surface area contributed by atoms with Crippen molar-refractivity contribution in [2.75, 3.05) is 0 Å². The Morgan fingerprint density at radius 3 is 1.47 bits per heavy atom. The Morgan fingerprint density at radius 2 is 1.13 bits per heavy atom. The average molecular weight is 204 g/mol. The highest BCUT2D eigenvalue weighted by atomic mass is 14.3. The van der Waals surface area contributed by atoms with Crippen molar-refractivity contribution in [2.45, 2.75) is 64.2 Å². The van der Waals surface area contributed by atoms with E-state index in [-0.39, 0.29) is 0 Å². The Hall–Kier alpha value is -0.440. The zero-order valence-electron chi connectivity index (χ0n) is 9.88. The van der Waals surface area contributed by atoms with Gasteiger partial charge in [-0.3, -0.25) is 0 Å². The van der Waals surface area contributed by atoms with Crippen molar-refractivity contribution in [2.24, 2.45) is 17.8 Å². The molecule has 0 atom stereocenters. The van der Waals surface area contributed by atoms with Gasteiger partial charge in [-0.25, -0.2) is 0 Å². The molecule has 84 valence electrons. The van der Waals surface area contributed by atoms with Crippen molar-refractivity contribution in [1.29, 1.82) is 0 Å². The second-order valence-electron chi connectivity index (χ2n) is 5.49. The molecule has 0 N–H and O–H groups in total. The third-order valence-corrected chi connectivity index (χ3v) is 4.51. The summed E-state index contributed by atoms with van der Waals surface area (Å²) in [6.07, 6.45) is 20.0. The molecule has 2 fully saturated rings. The molecule has 0 spiro atoms. The highest BCUT2D eigenvalue weighted by molar-refractivity contribution is 5.00. The maximum Gasteiger partial charge on any atom is 0.0256 e. The molecular formula is C15H24.